The van der Waals surface area contributed by atoms with E-state index in [0.29, 0.717) is 0 Å². The molecule has 0 aromatic heterocycles. The van der Waals surface area contributed by atoms with Crippen molar-refractivity contribution >= 4 is 58.0 Å². The van der Waals surface area contributed by atoms with Crippen molar-refractivity contribution in [1.29, 1.82) is 0 Å². The topological polar surface area (TPSA) is 0 Å². The third-order valence-electron chi connectivity index (χ3n) is 1.53. The van der Waals surface area contributed by atoms with E-state index in [-0.39, 0.29) is 0 Å². The first-order chi connectivity index (χ1) is 5.57. The van der Waals surface area contributed by atoms with E-state index in [2.05, 4.69) is 0 Å². The lowest BCUT2D eigenvalue weighted by Gasteiger charge is -2.28. The van der Waals surface area contributed by atoms with Gasteiger partial charge in [0.25, 0.3) is 5.13 Å². The molecule has 0 bridgehead atoms. The summed E-state index contributed by atoms with van der Waals surface area (Å²) in [5.74, 6) is -4.01. The van der Waals surface area contributed by atoms with Gasteiger partial charge in [-0.25, -0.2) is 4.39 Å². The number of alkyl halides is 6. The number of halogens is 8. The van der Waals surface area contributed by atoms with Gasteiger partial charge in [0.2, 0.25) is 4.33 Å². The number of hydrogen-bond donors (Lipinski definition) is 0. The van der Waals surface area contributed by atoms with Gasteiger partial charge in [0.05, 0.1) is 5.03 Å². The van der Waals surface area contributed by atoms with Crippen LogP contribution in [0.1, 0.15) is 0 Å². The van der Waals surface area contributed by atoms with Gasteiger partial charge in [-0.05, 0) is 0 Å². The van der Waals surface area contributed by atoms with E-state index in [9.17, 15) is 13.2 Å². The van der Waals surface area contributed by atoms with Crippen molar-refractivity contribution in [1.82, 2.24) is 0 Å². The molecule has 0 heterocycles. The zero-order valence-corrected chi connectivity index (χ0v) is 9.30. The predicted octanol–water partition coefficient (Wildman–Crippen LogP) is 4.40. The highest BCUT2D eigenvalue weighted by Gasteiger charge is 2.74. The molecule has 1 unspecified atom stereocenters. The van der Waals surface area contributed by atoms with E-state index in [0.717, 1.165) is 0 Å². The van der Waals surface area contributed by atoms with Crippen LogP contribution in [0.3, 0.4) is 0 Å². The second kappa shape index (κ2) is 2.99. The van der Waals surface area contributed by atoms with E-state index >= 15 is 0 Å². The molecule has 1 rings (SSSR count). The molecule has 1 aliphatic carbocycles. The van der Waals surface area contributed by atoms with Crippen molar-refractivity contribution in [2.75, 3.05) is 0 Å². The van der Waals surface area contributed by atoms with E-state index in [1.807, 2.05) is 0 Å². The summed E-state index contributed by atoms with van der Waals surface area (Å²) in [7, 11) is 0. The van der Waals surface area contributed by atoms with Gasteiger partial charge in [0.1, 0.15) is 5.03 Å². The summed E-state index contributed by atoms with van der Waals surface area (Å²) in [5.41, 5.74) is 0. The van der Waals surface area contributed by atoms with Gasteiger partial charge in [0, 0.05) is 0 Å². The van der Waals surface area contributed by atoms with Gasteiger partial charge in [-0.3, -0.25) is 0 Å². The molecule has 8 heteroatoms. The minimum atomic E-state index is -4.01. The minimum Gasteiger partial charge on any atom is -0.216 e. The molecule has 0 aromatic carbocycles. The first-order valence-corrected chi connectivity index (χ1v) is 4.65. The number of rotatable bonds is 0. The quantitative estimate of drug-likeness (QED) is 0.581. The Kier molecular flexibility index (Phi) is 2.77. The number of allylic oxidation sites excluding steroid dienone is 2. The molecule has 13 heavy (non-hydrogen) atoms. The molecule has 0 nitrogen and oxygen atoms in total. The molecule has 0 saturated heterocycles. The van der Waals surface area contributed by atoms with Crippen LogP contribution in [0.2, 0.25) is 0 Å². The average molecular weight is 294 g/mol. The zero-order chi connectivity index (χ0) is 10.7. The van der Waals surface area contributed by atoms with Crippen molar-refractivity contribution in [3.63, 3.8) is 0 Å². The summed E-state index contributed by atoms with van der Waals surface area (Å²) in [4.78, 5) is 0. The molecule has 1 aliphatic rings. The Hall–Kier alpha value is 0.980. The maximum atomic E-state index is 13.3. The molecule has 0 aliphatic heterocycles. The first kappa shape index (κ1) is 12.1. The third kappa shape index (κ3) is 1.28. The Balaban J connectivity index is 3.39. The first-order valence-electron chi connectivity index (χ1n) is 2.76. The molecule has 0 amide bonds. The highest BCUT2D eigenvalue weighted by atomic mass is 35.5. The molecule has 1 atom stereocenters. The van der Waals surface area contributed by atoms with Gasteiger partial charge in [-0.2, -0.15) is 8.78 Å². The zero-order valence-electron chi connectivity index (χ0n) is 5.52. The molecule has 0 spiro atoms. The highest BCUT2D eigenvalue weighted by molar-refractivity contribution is 6.59. The molecule has 0 fully saturated rings. The Bertz CT molecular complexity index is 256. The van der Waals surface area contributed by atoms with E-state index in [1.54, 1.807) is 0 Å². The molecule has 0 aromatic rings. The molecular formula is C5Cl5F3. The Morgan fingerprint density at radius 1 is 0.846 bits per heavy atom. The fourth-order valence-electron chi connectivity index (χ4n) is 0.749. The fraction of sp³-hybridized carbons (Fsp3) is 0.600. The summed E-state index contributed by atoms with van der Waals surface area (Å²) >= 11 is 25.2. The van der Waals surface area contributed by atoms with Crippen molar-refractivity contribution in [3.05, 3.63) is 10.1 Å². The summed E-state index contributed by atoms with van der Waals surface area (Å²) in [6.07, 6.45) is 0. The van der Waals surface area contributed by atoms with Crippen LogP contribution in [-0.2, 0) is 0 Å². The highest BCUT2D eigenvalue weighted by Crippen LogP contribution is 2.64. The SMILES string of the molecule is FC1(F)C(Cl)=C(Cl)C(F)(Cl)C1(Cl)Cl. The molecule has 0 radical (unpaired) electrons. The van der Waals surface area contributed by atoms with Crippen molar-refractivity contribution in [2.24, 2.45) is 0 Å². The van der Waals surface area contributed by atoms with Crippen LogP contribution in [0.15, 0.2) is 10.1 Å². The summed E-state index contributed by atoms with van der Waals surface area (Å²) in [6, 6.07) is 0. The lowest BCUT2D eigenvalue weighted by atomic mass is 10.2. The Labute approximate surface area is 96.5 Å². The largest absolute Gasteiger partial charge is 0.321 e. The summed E-state index contributed by atoms with van der Waals surface area (Å²) < 4.78 is 36.1. The van der Waals surface area contributed by atoms with E-state index < -0.39 is 25.4 Å². The summed E-state index contributed by atoms with van der Waals surface area (Å²) in [6.45, 7) is 0. The fourth-order valence-corrected chi connectivity index (χ4v) is 2.11. The van der Waals surface area contributed by atoms with Crippen LogP contribution in [0, 0.1) is 0 Å². The van der Waals surface area contributed by atoms with E-state index in [1.165, 1.54) is 0 Å². The normalized spacial score (nSPS) is 36.9. The molecule has 0 N–H and O–H groups in total. The second-order valence-corrected chi connectivity index (χ2v) is 4.96. The maximum Gasteiger partial charge on any atom is 0.321 e. The van der Waals surface area contributed by atoms with Crippen LogP contribution in [0.25, 0.3) is 0 Å². The maximum absolute atomic E-state index is 13.3. The molecule has 76 valence electrons. The van der Waals surface area contributed by atoms with Crippen LogP contribution in [-0.4, -0.2) is 15.4 Å². The van der Waals surface area contributed by atoms with Crippen LogP contribution in [0.5, 0.6) is 0 Å². The molecule has 0 saturated carbocycles. The van der Waals surface area contributed by atoms with Gasteiger partial charge in [-0.1, -0.05) is 58.0 Å². The molecular weight excluding hydrogens is 294 g/mol. The monoisotopic (exact) mass is 292 g/mol. The van der Waals surface area contributed by atoms with Crippen molar-refractivity contribution in [3.8, 4) is 0 Å². The Morgan fingerprint density at radius 2 is 1.23 bits per heavy atom. The van der Waals surface area contributed by atoms with E-state index in [4.69, 9.17) is 58.0 Å². The predicted molar refractivity (Wildman–Crippen MR) is 47.8 cm³/mol. The van der Waals surface area contributed by atoms with Crippen LogP contribution < -0.4 is 0 Å². The standard InChI is InChI=1S/C5Cl5F3/c6-1-2(7)4(12,13)5(9,10)3(1,8)11. The van der Waals surface area contributed by atoms with Gasteiger partial charge < -0.3 is 0 Å². The minimum absolute atomic E-state index is 1.09. The lowest BCUT2D eigenvalue weighted by molar-refractivity contribution is 0.0193. The van der Waals surface area contributed by atoms with Gasteiger partial charge in [0.15, 0.2) is 0 Å². The number of hydrogen-bond acceptors (Lipinski definition) is 0. The average Bonchev–Trinajstić information content (AvgIpc) is 2.05. The second-order valence-electron chi connectivity index (χ2n) is 2.35. The van der Waals surface area contributed by atoms with Crippen molar-refractivity contribution < 1.29 is 13.2 Å². The lowest BCUT2D eigenvalue weighted by Crippen LogP contribution is -2.46. The third-order valence-corrected chi connectivity index (χ3v) is 4.26. The van der Waals surface area contributed by atoms with Gasteiger partial charge >= 0.3 is 5.92 Å². The van der Waals surface area contributed by atoms with Gasteiger partial charge in [-0.15, -0.1) is 0 Å². The smallest absolute Gasteiger partial charge is 0.216 e. The Morgan fingerprint density at radius 3 is 1.31 bits per heavy atom. The van der Waals surface area contributed by atoms with Crippen LogP contribution >= 0.6 is 58.0 Å². The van der Waals surface area contributed by atoms with Crippen LogP contribution in [0.4, 0.5) is 13.2 Å². The van der Waals surface area contributed by atoms with Crippen molar-refractivity contribution in [2.45, 2.75) is 15.4 Å². The summed E-state index contributed by atoms with van der Waals surface area (Å²) in [5, 5.41) is -5.65.